The van der Waals surface area contributed by atoms with Crippen LogP contribution in [0.2, 0.25) is 0 Å². The fourth-order valence-corrected chi connectivity index (χ4v) is 2.70. The van der Waals surface area contributed by atoms with Gasteiger partial charge >= 0.3 is 0 Å². The van der Waals surface area contributed by atoms with Crippen molar-refractivity contribution in [3.8, 4) is 11.5 Å². The number of nitrogens with one attached hydrogen (secondary N) is 2. The molecule has 1 amide bonds. The predicted molar refractivity (Wildman–Crippen MR) is 112 cm³/mol. The van der Waals surface area contributed by atoms with Crippen LogP contribution < -0.4 is 20.1 Å². The van der Waals surface area contributed by atoms with Crippen LogP contribution in [0.25, 0.3) is 0 Å². The summed E-state index contributed by atoms with van der Waals surface area (Å²) in [6, 6.07) is 16.9. The first-order valence-corrected chi connectivity index (χ1v) is 9.41. The fourth-order valence-electron chi connectivity index (χ4n) is 2.70. The molecule has 0 aliphatic carbocycles. The maximum Gasteiger partial charge on any atom is 0.270 e. The quantitative estimate of drug-likeness (QED) is 0.579. The lowest BCUT2D eigenvalue weighted by atomic mass is 10.1. The van der Waals surface area contributed by atoms with Gasteiger partial charge in [0.05, 0.1) is 13.7 Å². The van der Waals surface area contributed by atoms with Gasteiger partial charge in [0.1, 0.15) is 29.3 Å². The van der Waals surface area contributed by atoms with Crippen LogP contribution in [0.15, 0.2) is 60.9 Å². The molecule has 0 saturated carbocycles. The lowest BCUT2D eigenvalue weighted by Crippen LogP contribution is -2.26. The molecule has 3 rings (SSSR count). The average Bonchev–Trinajstić information content (AvgIpc) is 2.76. The molecule has 2 N–H and O–H groups in total. The summed E-state index contributed by atoms with van der Waals surface area (Å²) < 4.78 is 10.6. The molecular weight excluding hydrogens is 368 g/mol. The summed E-state index contributed by atoms with van der Waals surface area (Å²) in [5.74, 6) is 1.92. The summed E-state index contributed by atoms with van der Waals surface area (Å²) >= 11 is 0. The maximum atomic E-state index is 12.4. The Labute approximate surface area is 170 Å². The first kappa shape index (κ1) is 20.1. The molecule has 150 valence electrons. The van der Waals surface area contributed by atoms with Crippen molar-refractivity contribution in [2.75, 3.05) is 25.6 Å². The lowest BCUT2D eigenvalue weighted by Gasteiger charge is -2.09. The van der Waals surface area contributed by atoms with Crippen molar-refractivity contribution in [1.29, 1.82) is 0 Å². The van der Waals surface area contributed by atoms with E-state index in [4.69, 9.17) is 9.47 Å². The van der Waals surface area contributed by atoms with Crippen molar-refractivity contribution in [2.45, 2.75) is 13.3 Å². The number of amides is 1. The Hall–Kier alpha value is -3.61. The Bertz CT molecular complexity index is 928. The van der Waals surface area contributed by atoms with Crippen LogP contribution in [-0.2, 0) is 6.42 Å². The molecule has 0 fully saturated rings. The van der Waals surface area contributed by atoms with Gasteiger partial charge in [-0.05, 0) is 55.3 Å². The molecule has 0 saturated heterocycles. The fraction of sp³-hybridized carbons (Fsp3) is 0.227. The highest BCUT2D eigenvalue weighted by Gasteiger charge is 2.09. The zero-order valence-electron chi connectivity index (χ0n) is 16.5. The van der Waals surface area contributed by atoms with Gasteiger partial charge in [0.15, 0.2) is 0 Å². The second kappa shape index (κ2) is 10.1. The molecule has 0 aliphatic rings. The monoisotopic (exact) mass is 392 g/mol. The molecule has 0 bridgehead atoms. The SMILES string of the molecule is CCOc1ccc(Nc2cc(C(=O)NCCc3ccc(OC)cc3)ncn2)cc1. The first-order valence-electron chi connectivity index (χ1n) is 9.41. The molecule has 0 aliphatic heterocycles. The highest BCUT2D eigenvalue weighted by molar-refractivity contribution is 5.92. The Morgan fingerprint density at radius 1 is 1.00 bits per heavy atom. The van der Waals surface area contributed by atoms with Crippen LogP contribution in [0.4, 0.5) is 11.5 Å². The Balaban J connectivity index is 1.54. The summed E-state index contributed by atoms with van der Waals surface area (Å²) in [7, 11) is 1.63. The van der Waals surface area contributed by atoms with Crippen molar-refractivity contribution in [3.63, 3.8) is 0 Å². The third kappa shape index (κ3) is 5.93. The average molecular weight is 392 g/mol. The van der Waals surface area contributed by atoms with E-state index in [-0.39, 0.29) is 5.91 Å². The zero-order chi connectivity index (χ0) is 20.5. The van der Waals surface area contributed by atoms with Gasteiger partial charge in [-0.1, -0.05) is 12.1 Å². The van der Waals surface area contributed by atoms with E-state index in [1.807, 2.05) is 55.5 Å². The van der Waals surface area contributed by atoms with Gasteiger partial charge in [-0.3, -0.25) is 4.79 Å². The largest absolute Gasteiger partial charge is 0.497 e. The number of aromatic nitrogens is 2. The maximum absolute atomic E-state index is 12.4. The van der Waals surface area contributed by atoms with Crippen LogP contribution in [0.5, 0.6) is 11.5 Å². The number of hydrogen-bond donors (Lipinski definition) is 2. The Kier molecular flexibility index (Phi) is 7.00. The van der Waals surface area contributed by atoms with E-state index < -0.39 is 0 Å². The summed E-state index contributed by atoms with van der Waals surface area (Å²) in [6.45, 7) is 3.07. The van der Waals surface area contributed by atoms with E-state index in [9.17, 15) is 4.79 Å². The highest BCUT2D eigenvalue weighted by atomic mass is 16.5. The Morgan fingerprint density at radius 3 is 2.41 bits per heavy atom. The minimum Gasteiger partial charge on any atom is -0.497 e. The molecule has 3 aromatic rings. The summed E-state index contributed by atoms with van der Waals surface area (Å²) in [5, 5.41) is 6.05. The van der Waals surface area contributed by atoms with Gasteiger partial charge in [-0.15, -0.1) is 0 Å². The molecular formula is C22H24N4O3. The van der Waals surface area contributed by atoms with Gasteiger partial charge in [0.25, 0.3) is 5.91 Å². The molecule has 1 aromatic heterocycles. The van der Waals surface area contributed by atoms with Gasteiger partial charge in [-0.25, -0.2) is 9.97 Å². The van der Waals surface area contributed by atoms with E-state index in [2.05, 4.69) is 20.6 Å². The third-order valence-corrected chi connectivity index (χ3v) is 4.20. The molecule has 29 heavy (non-hydrogen) atoms. The second-order valence-electron chi connectivity index (χ2n) is 6.22. The number of ether oxygens (including phenoxy) is 2. The van der Waals surface area contributed by atoms with Crippen molar-refractivity contribution in [3.05, 3.63) is 72.2 Å². The zero-order valence-corrected chi connectivity index (χ0v) is 16.5. The number of carbonyl (C=O) groups excluding carboxylic acids is 1. The highest BCUT2D eigenvalue weighted by Crippen LogP contribution is 2.19. The van der Waals surface area contributed by atoms with E-state index in [0.29, 0.717) is 24.7 Å². The number of nitrogens with zero attached hydrogens (tertiary/aromatic N) is 2. The van der Waals surface area contributed by atoms with E-state index in [1.54, 1.807) is 13.2 Å². The number of anilines is 2. The Morgan fingerprint density at radius 2 is 1.72 bits per heavy atom. The topological polar surface area (TPSA) is 85.4 Å². The van der Waals surface area contributed by atoms with Crippen LogP contribution in [0, 0.1) is 0 Å². The standard InChI is InChI=1S/C22H24N4O3/c1-3-29-19-10-6-17(7-11-19)26-21-14-20(24-15-25-21)22(27)23-13-12-16-4-8-18(28-2)9-5-16/h4-11,14-15H,3,12-13H2,1-2H3,(H,23,27)(H,24,25,26). The van der Waals surface area contributed by atoms with Gasteiger partial charge in [0.2, 0.25) is 0 Å². The first-order chi connectivity index (χ1) is 14.2. The third-order valence-electron chi connectivity index (χ3n) is 4.20. The molecule has 2 aromatic carbocycles. The second-order valence-corrected chi connectivity index (χ2v) is 6.22. The normalized spacial score (nSPS) is 10.3. The van der Waals surface area contributed by atoms with Crippen molar-refractivity contribution >= 4 is 17.4 Å². The number of methoxy groups -OCH3 is 1. The predicted octanol–water partition coefficient (Wildman–Crippen LogP) is 3.60. The van der Waals surface area contributed by atoms with Crippen molar-refractivity contribution < 1.29 is 14.3 Å². The minimum atomic E-state index is -0.240. The molecule has 0 radical (unpaired) electrons. The van der Waals surface area contributed by atoms with Crippen LogP contribution in [-0.4, -0.2) is 36.1 Å². The molecule has 0 unspecified atom stereocenters. The number of benzene rings is 2. The molecule has 0 atom stereocenters. The van der Waals surface area contributed by atoms with Gasteiger partial charge in [-0.2, -0.15) is 0 Å². The summed E-state index contributed by atoms with van der Waals surface area (Å²) in [5.41, 5.74) is 2.27. The molecule has 0 spiro atoms. The number of hydrogen-bond acceptors (Lipinski definition) is 6. The minimum absolute atomic E-state index is 0.240. The molecule has 7 nitrogen and oxygen atoms in total. The van der Waals surface area contributed by atoms with E-state index in [0.717, 1.165) is 29.2 Å². The number of carbonyl (C=O) groups is 1. The van der Waals surface area contributed by atoms with Crippen molar-refractivity contribution in [1.82, 2.24) is 15.3 Å². The summed E-state index contributed by atoms with van der Waals surface area (Å²) in [4.78, 5) is 20.6. The van der Waals surface area contributed by atoms with E-state index >= 15 is 0 Å². The van der Waals surface area contributed by atoms with Crippen LogP contribution >= 0.6 is 0 Å². The lowest BCUT2D eigenvalue weighted by molar-refractivity contribution is 0.0949. The smallest absolute Gasteiger partial charge is 0.270 e. The van der Waals surface area contributed by atoms with Crippen LogP contribution in [0.3, 0.4) is 0 Å². The van der Waals surface area contributed by atoms with Crippen molar-refractivity contribution in [2.24, 2.45) is 0 Å². The molecule has 7 heteroatoms. The number of rotatable bonds is 9. The summed E-state index contributed by atoms with van der Waals surface area (Å²) in [6.07, 6.45) is 2.09. The van der Waals surface area contributed by atoms with Crippen LogP contribution in [0.1, 0.15) is 23.0 Å². The van der Waals surface area contributed by atoms with Gasteiger partial charge < -0.3 is 20.1 Å². The molecule has 1 heterocycles. The van der Waals surface area contributed by atoms with E-state index in [1.165, 1.54) is 6.33 Å². The van der Waals surface area contributed by atoms with Gasteiger partial charge in [0, 0.05) is 18.3 Å².